The zero-order valence-corrected chi connectivity index (χ0v) is 14.9. The molecule has 0 saturated carbocycles. The number of ether oxygens (including phenoxy) is 2. The molecule has 0 aliphatic carbocycles. The predicted molar refractivity (Wildman–Crippen MR) is 97.0 cm³/mol. The van der Waals surface area contributed by atoms with Crippen LogP contribution in [0.5, 0.6) is 11.5 Å². The van der Waals surface area contributed by atoms with Gasteiger partial charge in [-0.1, -0.05) is 37.3 Å². The summed E-state index contributed by atoms with van der Waals surface area (Å²) in [5.74, 6) is 1.55. The van der Waals surface area contributed by atoms with Crippen LogP contribution in [-0.4, -0.2) is 25.8 Å². The van der Waals surface area contributed by atoms with Gasteiger partial charge in [0.2, 0.25) is 0 Å². The number of rotatable bonds is 4. The summed E-state index contributed by atoms with van der Waals surface area (Å²) in [5, 5.41) is 5.73. The van der Waals surface area contributed by atoms with Crippen LogP contribution in [0.2, 0.25) is 0 Å². The van der Waals surface area contributed by atoms with Gasteiger partial charge in [-0.15, -0.1) is 0 Å². The number of carbonyl (C=O) groups excluding carboxylic acids is 1. The molecule has 5 nitrogen and oxygen atoms in total. The van der Waals surface area contributed by atoms with E-state index in [1.807, 2.05) is 18.2 Å². The fourth-order valence-electron chi connectivity index (χ4n) is 2.47. The van der Waals surface area contributed by atoms with Crippen LogP contribution in [0.4, 0.5) is 10.5 Å². The Bertz CT molecular complexity index is 722. The monoisotopic (exact) mass is 390 g/mol. The lowest BCUT2D eigenvalue weighted by molar-refractivity contribution is 0.171. The quantitative estimate of drug-likeness (QED) is 0.824. The summed E-state index contributed by atoms with van der Waals surface area (Å²) in [6.07, 6.45) is 0. The molecule has 2 aromatic carbocycles. The number of carbonyl (C=O) groups is 1. The summed E-state index contributed by atoms with van der Waals surface area (Å²) in [4.78, 5) is 12.2. The van der Waals surface area contributed by atoms with Crippen LogP contribution in [0.15, 0.2) is 46.9 Å². The number of benzene rings is 2. The highest BCUT2D eigenvalue weighted by Crippen LogP contribution is 2.38. The second-order valence-electron chi connectivity index (χ2n) is 5.62. The van der Waals surface area contributed by atoms with Crippen LogP contribution >= 0.6 is 15.9 Å². The minimum Gasteiger partial charge on any atom is -0.486 e. The number of amides is 2. The van der Waals surface area contributed by atoms with Crippen LogP contribution in [0.25, 0.3) is 0 Å². The molecule has 24 heavy (non-hydrogen) atoms. The van der Waals surface area contributed by atoms with E-state index in [1.54, 1.807) is 12.1 Å². The third kappa shape index (κ3) is 4.00. The van der Waals surface area contributed by atoms with Crippen molar-refractivity contribution in [2.75, 3.05) is 25.1 Å². The molecule has 1 heterocycles. The number of nitrogens with one attached hydrogen (secondary N) is 2. The van der Waals surface area contributed by atoms with E-state index in [9.17, 15) is 4.79 Å². The minimum absolute atomic E-state index is 0.237. The van der Waals surface area contributed by atoms with Gasteiger partial charge in [0.1, 0.15) is 13.2 Å². The number of fused-ring (bicyclic) bond motifs is 1. The Morgan fingerprint density at radius 3 is 2.54 bits per heavy atom. The lowest BCUT2D eigenvalue weighted by Gasteiger charge is -2.20. The number of hydrogen-bond donors (Lipinski definition) is 2. The SMILES string of the molecule is C[C@@H](CNC(=O)Nc1cc2c(cc1Br)OCCO2)c1ccccc1. The van der Waals surface area contributed by atoms with Gasteiger partial charge in [-0.25, -0.2) is 4.79 Å². The standard InChI is InChI=1S/C18H19BrN2O3/c1-12(13-5-3-2-4-6-13)11-20-18(22)21-15-10-17-16(9-14(15)19)23-7-8-24-17/h2-6,9-10,12H,7-8,11H2,1H3,(H2,20,21,22)/t12-/m0/s1. The van der Waals surface area contributed by atoms with Crippen LogP contribution in [-0.2, 0) is 0 Å². The van der Waals surface area contributed by atoms with Crippen molar-refractivity contribution < 1.29 is 14.3 Å². The first-order valence-corrected chi connectivity index (χ1v) is 8.61. The van der Waals surface area contributed by atoms with Gasteiger partial charge in [0.15, 0.2) is 11.5 Å². The van der Waals surface area contributed by atoms with Crippen LogP contribution in [0.3, 0.4) is 0 Å². The topological polar surface area (TPSA) is 59.6 Å². The number of anilines is 1. The van der Waals surface area contributed by atoms with Gasteiger partial charge >= 0.3 is 6.03 Å². The summed E-state index contributed by atoms with van der Waals surface area (Å²) in [7, 11) is 0. The van der Waals surface area contributed by atoms with E-state index in [1.165, 1.54) is 5.56 Å². The maximum atomic E-state index is 12.2. The normalized spacial score (nSPS) is 13.9. The highest BCUT2D eigenvalue weighted by Gasteiger charge is 2.16. The number of hydrogen-bond acceptors (Lipinski definition) is 3. The fourth-order valence-corrected chi connectivity index (χ4v) is 2.89. The third-order valence-electron chi connectivity index (χ3n) is 3.82. The van der Waals surface area contributed by atoms with E-state index < -0.39 is 0 Å². The van der Waals surface area contributed by atoms with Crippen molar-refractivity contribution in [3.05, 3.63) is 52.5 Å². The Morgan fingerprint density at radius 2 is 1.83 bits per heavy atom. The van der Waals surface area contributed by atoms with Gasteiger partial charge < -0.3 is 20.1 Å². The lowest BCUT2D eigenvalue weighted by Crippen LogP contribution is -2.32. The molecule has 0 radical (unpaired) electrons. The molecular formula is C18H19BrN2O3. The molecule has 3 rings (SSSR count). The van der Waals surface area contributed by atoms with Gasteiger partial charge in [-0.2, -0.15) is 0 Å². The van der Waals surface area contributed by atoms with Crippen molar-refractivity contribution in [2.45, 2.75) is 12.8 Å². The largest absolute Gasteiger partial charge is 0.486 e. The predicted octanol–water partition coefficient (Wildman–Crippen LogP) is 4.15. The Balaban J connectivity index is 1.59. The summed E-state index contributed by atoms with van der Waals surface area (Å²) in [5.41, 5.74) is 1.84. The van der Waals surface area contributed by atoms with Crippen molar-refractivity contribution in [2.24, 2.45) is 0 Å². The second kappa shape index (κ2) is 7.57. The van der Waals surface area contributed by atoms with Crippen molar-refractivity contribution >= 4 is 27.6 Å². The first-order chi connectivity index (χ1) is 11.6. The molecule has 126 valence electrons. The van der Waals surface area contributed by atoms with E-state index in [0.29, 0.717) is 36.9 Å². The lowest BCUT2D eigenvalue weighted by atomic mass is 10.0. The Hall–Kier alpha value is -2.21. The molecule has 2 aromatic rings. The van der Waals surface area contributed by atoms with Crippen LogP contribution < -0.4 is 20.1 Å². The molecule has 2 amide bonds. The molecule has 1 aliphatic heterocycles. The van der Waals surface area contributed by atoms with E-state index in [2.05, 4.69) is 45.6 Å². The molecule has 0 fully saturated rings. The second-order valence-corrected chi connectivity index (χ2v) is 6.48. The summed E-state index contributed by atoms with van der Waals surface area (Å²) in [6.45, 7) is 3.67. The molecule has 0 saturated heterocycles. The first-order valence-electron chi connectivity index (χ1n) is 7.82. The third-order valence-corrected chi connectivity index (χ3v) is 4.47. The van der Waals surface area contributed by atoms with E-state index in [-0.39, 0.29) is 11.9 Å². The number of urea groups is 1. The zero-order chi connectivity index (χ0) is 16.9. The van der Waals surface area contributed by atoms with Crippen molar-refractivity contribution in [3.63, 3.8) is 0 Å². The highest BCUT2D eigenvalue weighted by molar-refractivity contribution is 9.10. The van der Waals surface area contributed by atoms with Crippen molar-refractivity contribution in [3.8, 4) is 11.5 Å². The molecule has 0 spiro atoms. The maximum absolute atomic E-state index is 12.2. The van der Waals surface area contributed by atoms with Crippen molar-refractivity contribution in [1.82, 2.24) is 5.32 Å². The van der Waals surface area contributed by atoms with Crippen LogP contribution in [0.1, 0.15) is 18.4 Å². The van der Waals surface area contributed by atoms with E-state index in [0.717, 1.165) is 4.47 Å². The van der Waals surface area contributed by atoms with Gasteiger partial charge in [-0.3, -0.25) is 0 Å². The highest BCUT2D eigenvalue weighted by atomic mass is 79.9. The molecule has 6 heteroatoms. The summed E-state index contributed by atoms with van der Waals surface area (Å²) in [6, 6.07) is 13.4. The smallest absolute Gasteiger partial charge is 0.319 e. The Labute approximate surface area is 149 Å². The van der Waals surface area contributed by atoms with Gasteiger partial charge in [0.05, 0.1) is 5.69 Å². The molecule has 0 bridgehead atoms. The van der Waals surface area contributed by atoms with Gasteiger partial charge in [-0.05, 0) is 27.4 Å². The van der Waals surface area contributed by atoms with E-state index >= 15 is 0 Å². The average Bonchev–Trinajstić information content (AvgIpc) is 2.61. The average molecular weight is 391 g/mol. The Kier molecular flexibility index (Phi) is 5.25. The zero-order valence-electron chi connectivity index (χ0n) is 13.3. The number of halogens is 1. The fraction of sp³-hybridized carbons (Fsp3) is 0.278. The molecule has 1 atom stereocenters. The van der Waals surface area contributed by atoms with E-state index in [4.69, 9.17) is 9.47 Å². The minimum atomic E-state index is -0.254. The molecule has 1 aliphatic rings. The molecule has 2 N–H and O–H groups in total. The maximum Gasteiger partial charge on any atom is 0.319 e. The first kappa shape index (κ1) is 16.6. The Morgan fingerprint density at radius 1 is 1.17 bits per heavy atom. The van der Waals surface area contributed by atoms with Gasteiger partial charge in [0.25, 0.3) is 0 Å². The van der Waals surface area contributed by atoms with Crippen molar-refractivity contribution in [1.29, 1.82) is 0 Å². The van der Waals surface area contributed by atoms with Crippen LogP contribution in [0, 0.1) is 0 Å². The van der Waals surface area contributed by atoms with Gasteiger partial charge in [0, 0.05) is 23.2 Å². The molecule has 0 unspecified atom stereocenters. The summed E-state index contributed by atoms with van der Waals surface area (Å²) < 4.78 is 11.8. The molecule has 0 aromatic heterocycles. The summed E-state index contributed by atoms with van der Waals surface area (Å²) >= 11 is 3.44. The molecular weight excluding hydrogens is 372 g/mol.